The van der Waals surface area contributed by atoms with Gasteiger partial charge in [0, 0.05) is 18.7 Å². The zero-order valence-corrected chi connectivity index (χ0v) is 18.2. The molecular formula is C15H25F2IN4O4S. The molecule has 12 heteroatoms. The molecule has 156 valence electrons. The van der Waals surface area contributed by atoms with E-state index in [4.69, 9.17) is 9.88 Å². The third kappa shape index (κ3) is 10.5. The zero-order chi connectivity index (χ0) is 19.6. The number of hydrogen-bond donors (Lipinski definition) is 3. The van der Waals surface area contributed by atoms with E-state index in [1.54, 1.807) is 19.1 Å². The molecule has 0 aliphatic heterocycles. The highest BCUT2D eigenvalue weighted by molar-refractivity contribution is 14.0. The minimum Gasteiger partial charge on any atom is -0.490 e. The van der Waals surface area contributed by atoms with Crippen molar-refractivity contribution in [3.05, 3.63) is 23.8 Å². The first-order valence-corrected chi connectivity index (χ1v) is 9.70. The number of halogens is 3. The second-order valence-corrected chi connectivity index (χ2v) is 6.78. The van der Waals surface area contributed by atoms with E-state index in [2.05, 4.69) is 20.4 Å². The van der Waals surface area contributed by atoms with Crippen LogP contribution in [0.1, 0.15) is 19.4 Å². The third-order valence-electron chi connectivity index (χ3n) is 3.00. The Morgan fingerprint density at radius 2 is 2.00 bits per heavy atom. The van der Waals surface area contributed by atoms with Gasteiger partial charge in [-0.05, 0) is 19.9 Å². The Bertz CT molecular complexity index is 705. The number of nitrogens with two attached hydrogens (primary N) is 1. The topological polar surface area (TPSA) is 115 Å². The van der Waals surface area contributed by atoms with Gasteiger partial charge in [0.1, 0.15) is 0 Å². The second kappa shape index (κ2) is 12.9. The van der Waals surface area contributed by atoms with Crippen molar-refractivity contribution in [2.45, 2.75) is 27.0 Å². The molecule has 0 atom stereocenters. The molecular weight excluding hydrogens is 497 g/mol. The number of benzene rings is 1. The predicted molar refractivity (Wildman–Crippen MR) is 110 cm³/mol. The van der Waals surface area contributed by atoms with E-state index in [9.17, 15) is 17.2 Å². The average molecular weight is 522 g/mol. The van der Waals surface area contributed by atoms with E-state index in [0.29, 0.717) is 24.7 Å². The van der Waals surface area contributed by atoms with Gasteiger partial charge in [-0.15, -0.1) is 24.0 Å². The molecule has 0 fully saturated rings. The average Bonchev–Trinajstić information content (AvgIpc) is 2.53. The Labute approximate surface area is 175 Å². The fourth-order valence-electron chi connectivity index (χ4n) is 2.00. The molecule has 1 rings (SSSR count). The predicted octanol–water partition coefficient (Wildman–Crippen LogP) is 1.65. The van der Waals surface area contributed by atoms with Gasteiger partial charge in [0.25, 0.3) is 0 Å². The molecule has 1 aromatic rings. The normalized spacial score (nSPS) is 11.7. The zero-order valence-electron chi connectivity index (χ0n) is 15.1. The van der Waals surface area contributed by atoms with Crippen LogP contribution in [0.5, 0.6) is 11.5 Å². The van der Waals surface area contributed by atoms with Gasteiger partial charge in [0.15, 0.2) is 17.5 Å². The maximum absolute atomic E-state index is 12.7. The molecule has 0 amide bonds. The minimum absolute atomic E-state index is 0. The molecule has 0 saturated heterocycles. The summed E-state index contributed by atoms with van der Waals surface area (Å²) in [5.41, 5.74) is 0.403. The number of hydrogen-bond acceptors (Lipinski definition) is 5. The lowest BCUT2D eigenvalue weighted by molar-refractivity contribution is -0.0520. The van der Waals surface area contributed by atoms with Gasteiger partial charge in [-0.3, -0.25) is 0 Å². The van der Waals surface area contributed by atoms with Crippen molar-refractivity contribution in [3.63, 3.8) is 0 Å². The minimum atomic E-state index is -3.60. The van der Waals surface area contributed by atoms with Crippen LogP contribution in [0.4, 0.5) is 8.78 Å². The summed E-state index contributed by atoms with van der Waals surface area (Å²) in [6.07, 6.45) is 0. The standard InChI is InChI=1S/C15H24F2N4O4S.HI/c1-3-19-15(20-8-9-26(18,22)23)21-10-11-6-5-7-12(24-4-2)13(11)25-14(16)17;/h5-7,14H,3-4,8-10H2,1-2H3,(H2,18,22,23)(H2,19,20,21);1H. The Morgan fingerprint density at radius 1 is 1.30 bits per heavy atom. The van der Waals surface area contributed by atoms with Crippen molar-refractivity contribution in [2.24, 2.45) is 10.1 Å². The van der Waals surface area contributed by atoms with Gasteiger partial charge in [-0.2, -0.15) is 8.78 Å². The first kappa shape index (κ1) is 25.6. The van der Waals surface area contributed by atoms with Gasteiger partial charge < -0.3 is 20.1 Å². The van der Waals surface area contributed by atoms with Crippen molar-refractivity contribution in [3.8, 4) is 11.5 Å². The maximum Gasteiger partial charge on any atom is 0.387 e. The third-order valence-corrected chi connectivity index (χ3v) is 3.77. The SMILES string of the molecule is CCNC(=NCc1cccc(OCC)c1OC(F)F)NCCS(N)(=O)=O.I. The van der Waals surface area contributed by atoms with E-state index >= 15 is 0 Å². The Balaban J connectivity index is 0.00000676. The van der Waals surface area contributed by atoms with Gasteiger partial charge in [-0.25, -0.2) is 18.5 Å². The molecule has 0 heterocycles. The Hall–Kier alpha value is -1.41. The van der Waals surface area contributed by atoms with Crippen LogP contribution in [0, 0.1) is 0 Å². The van der Waals surface area contributed by atoms with Crippen molar-refractivity contribution in [2.75, 3.05) is 25.4 Å². The maximum atomic E-state index is 12.7. The van der Waals surface area contributed by atoms with Gasteiger partial charge in [-0.1, -0.05) is 12.1 Å². The number of rotatable bonds is 10. The summed E-state index contributed by atoms with van der Waals surface area (Å²) in [6.45, 7) is 1.47. The summed E-state index contributed by atoms with van der Waals surface area (Å²) in [5.74, 6) is 0.180. The van der Waals surface area contributed by atoms with Gasteiger partial charge >= 0.3 is 6.61 Å². The smallest absolute Gasteiger partial charge is 0.387 e. The highest BCUT2D eigenvalue weighted by Gasteiger charge is 2.15. The van der Waals surface area contributed by atoms with E-state index in [1.807, 2.05) is 6.92 Å². The molecule has 0 bridgehead atoms. The van der Waals surface area contributed by atoms with Crippen molar-refractivity contribution < 1.29 is 26.7 Å². The molecule has 0 spiro atoms. The summed E-state index contributed by atoms with van der Waals surface area (Å²) in [7, 11) is -3.60. The van der Waals surface area contributed by atoms with Crippen molar-refractivity contribution >= 4 is 40.0 Å². The lowest BCUT2D eigenvalue weighted by atomic mass is 10.2. The van der Waals surface area contributed by atoms with E-state index in [-0.39, 0.29) is 54.3 Å². The molecule has 0 aliphatic rings. The summed E-state index contributed by atoms with van der Waals surface area (Å²) in [5, 5.41) is 10.7. The van der Waals surface area contributed by atoms with Crippen LogP contribution in [0.3, 0.4) is 0 Å². The highest BCUT2D eigenvalue weighted by Crippen LogP contribution is 2.33. The lowest BCUT2D eigenvalue weighted by Crippen LogP contribution is -2.40. The summed E-state index contributed by atoms with van der Waals surface area (Å²) in [6, 6.07) is 4.77. The molecule has 4 N–H and O–H groups in total. The number of guanidine groups is 1. The quantitative estimate of drug-likeness (QED) is 0.245. The number of nitrogens with zero attached hydrogens (tertiary/aromatic N) is 1. The first-order valence-electron chi connectivity index (χ1n) is 7.99. The van der Waals surface area contributed by atoms with Crippen molar-refractivity contribution in [1.82, 2.24) is 10.6 Å². The number of nitrogens with one attached hydrogen (secondary N) is 2. The van der Waals surface area contributed by atoms with E-state index in [0.717, 1.165) is 0 Å². The molecule has 0 aliphatic carbocycles. The van der Waals surface area contributed by atoms with Gasteiger partial charge in [0.05, 0.1) is 18.9 Å². The summed E-state index contributed by atoms with van der Waals surface area (Å²) in [4.78, 5) is 4.25. The van der Waals surface area contributed by atoms with Gasteiger partial charge in [0.2, 0.25) is 10.0 Å². The molecule has 0 saturated carbocycles. The van der Waals surface area contributed by atoms with Crippen LogP contribution in [0.2, 0.25) is 0 Å². The van der Waals surface area contributed by atoms with E-state index in [1.165, 1.54) is 6.07 Å². The fraction of sp³-hybridized carbons (Fsp3) is 0.533. The van der Waals surface area contributed by atoms with E-state index < -0.39 is 16.6 Å². The van der Waals surface area contributed by atoms with Crippen LogP contribution >= 0.6 is 24.0 Å². The second-order valence-electron chi connectivity index (χ2n) is 5.04. The number of alkyl halides is 2. The van der Waals surface area contributed by atoms with Crippen LogP contribution < -0.4 is 25.2 Å². The number of primary sulfonamides is 1. The monoisotopic (exact) mass is 522 g/mol. The molecule has 8 nitrogen and oxygen atoms in total. The number of ether oxygens (including phenoxy) is 2. The Morgan fingerprint density at radius 3 is 2.56 bits per heavy atom. The van der Waals surface area contributed by atoms with Crippen LogP contribution in [0.25, 0.3) is 0 Å². The largest absolute Gasteiger partial charge is 0.490 e. The molecule has 27 heavy (non-hydrogen) atoms. The number of para-hydroxylation sites is 1. The Kier molecular flexibility index (Phi) is 12.2. The van der Waals surface area contributed by atoms with Crippen molar-refractivity contribution in [1.29, 1.82) is 0 Å². The molecule has 0 aromatic heterocycles. The molecule has 0 radical (unpaired) electrons. The molecule has 0 unspecified atom stereocenters. The number of sulfonamides is 1. The van der Waals surface area contributed by atoms with Crippen LogP contribution in [0.15, 0.2) is 23.2 Å². The highest BCUT2D eigenvalue weighted by atomic mass is 127. The first-order chi connectivity index (χ1) is 12.3. The van der Waals surface area contributed by atoms with Crippen LogP contribution in [-0.4, -0.2) is 46.4 Å². The van der Waals surface area contributed by atoms with Crippen LogP contribution in [-0.2, 0) is 16.6 Å². The number of aliphatic imine (C=N–C) groups is 1. The lowest BCUT2D eigenvalue weighted by Gasteiger charge is -2.15. The summed E-state index contributed by atoms with van der Waals surface area (Å²) >= 11 is 0. The fourth-order valence-corrected chi connectivity index (χ4v) is 2.38. The summed E-state index contributed by atoms with van der Waals surface area (Å²) < 4.78 is 57.3. The molecule has 1 aromatic carbocycles.